The van der Waals surface area contributed by atoms with Crippen LogP contribution < -0.4 is 9.64 Å². The second-order valence-electron chi connectivity index (χ2n) is 6.94. The first-order valence-electron chi connectivity index (χ1n) is 8.81. The second-order valence-corrected chi connectivity index (χ2v) is 7.95. The van der Waals surface area contributed by atoms with E-state index in [0.29, 0.717) is 6.54 Å². The van der Waals surface area contributed by atoms with Crippen molar-refractivity contribution in [3.8, 4) is 5.75 Å². The quantitative estimate of drug-likeness (QED) is 0.818. The number of aromatic nitrogens is 1. The van der Waals surface area contributed by atoms with Gasteiger partial charge in [0, 0.05) is 45.1 Å². The van der Waals surface area contributed by atoms with Crippen LogP contribution in [-0.2, 0) is 4.79 Å². The number of halogens is 2. The maximum absolute atomic E-state index is 13.3. The van der Waals surface area contributed by atoms with Crippen LogP contribution in [0.15, 0.2) is 18.2 Å². The minimum atomic E-state index is -2.62. The lowest BCUT2D eigenvalue weighted by Crippen LogP contribution is -2.45. The lowest BCUT2D eigenvalue weighted by molar-refractivity contribution is -0.140. The van der Waals surface area contributed by atoms with Gasteiger partial charge in [0.15, 0.2) is 5.13 Å². The van der Waals surface area contributed by atoms with E-state index in [2.05, 4.69) is 9.88 Å². The molecular formula is C18H21F2N3O2S. The molecule has 1 aromatic carbocycles. The molecule has 2 aliphatic heterocycles. The largest absolute Gasteiger partial charge is 0.497 e. The molecule has 8 heteroatoms. The molecular weight excluding hydrogens is 360 g/mol. The zero-order valence-electron chi connectivity index (χ0n) is 14.6. The van der Waals surface area contributed by atoms with Crippen LogP contribution in [0.25, 0.3) is 10.2 Å². The Hall–Kier alpha value is -1.96. The van der Waals surface area contributed by atoms with E-state index < -0.39 is 5.92 Å². The SMILES string of the molecule is COc1ccc2sc(N3CCC(C(=O)N4CCC(F)(F)CC4)C3)nc2c1. The Morgan fingerprint density at radius 1 is 1.31 bits per heavy atom. The monoisotopic (exact) mass is 381 g/mol. The third-order valence-corrected chi connectivity index (χ3v) is 6.30. The Morgan fingerprint density at radius 3 is 2.81 bits per heavy atom. The van der Waals surface area contributed by atoms with Crippen molar-refractivity contribution in [3.63, 3.8) is 0 Å². The molecule has 1 unspecified atom stereocenters. The Balaban J connectivity index is 1.42. The van der Waals surface area contributed by atoms with E-state index in [-0.39, 0.29) is 37.8 Å². The highest BCUT2D eigenvalue weighted by atomic mass is 32.1. The van der Waals surface area contributed by atoms with Crippen molar-refractivity contribution >= 4 is 32.6 Å². The first-order chi connectivity index (χ1) is 12.4. The van der Waals surface area contributed by atoms with Gasteiger partial charge in [-0.2, -0.15) is 0 Å². The van der Waals surface area contributed by atoms with E-state index in [1.807, 2.05) is 18.2 Å². The molecule has 0 saturated carbocycles. The second kappa shape index (κ2) is 6.64. The number of alkyl halides is 2. The average molecular weight is 381 g/mol. The number of benzene rings is 1. The molecule has 0 radical (unpaired) electrons. The van der Waals surface area contributed by atoms with Crippen molar-refractivity contribution in [3.05, 3.63) is 18.2 Å². The smallest absolute Gasteiger partial charge is 0.251 e. The molecule has 5 nitrogen and oxygen atoms in total. The molecule has 0 spiro atoms. The summed E-state index contributed by atoms with van der Waals surface area (Å²) in [5, 5.41) is 0.897. The third kappa shape index (κ3) is 3.34. The minimum absolute atomic E-state index is 0.00535. The summed E-state index contributed by atoms with van der Waals surface area (Å²) in [4.78, 5) is 21.1. The molecule has 0 aliphatic carbocycles. The highest BCUT2D eigenvalue weighted by Crippen LogP contribution is 2.35. The Labute approximate surface area is 154 Å². The Bertz CT molecular complexity index is 816. The first-order valence-corrected chi connectivity index (χ1v) is 9.63. The normalized spacial score (nSPS) is 22.8. The van der Waals surface area contributed by atoms with E-state index in [1.54, 1.807) is 23.3 Å². The van der Waals surface area contributed by atoms with Gasteiger partial charge >= 0.3 is 0 Å². The van der Waals surface area contributed by atoms with Gasteiger partial charge in [0.05, 0.1) is 23.2 Å². The summed E-state index contributed by atoms with van der Waals surface area (Å²) in [6.45, 7) is 1.67. The molecule has 1 amide bonds. The Morgan fingerprint density at radius 2 is 2.08 bits per heavy atom. The summed E-state index contributed by atoms with van der Waals surface area (Å²) in [5.74, 6) is -1.99. The van der Waals surface area contributed by atoms with Crippen LogP contribution in [0, 0.1) is 5.92 Å². The van der Waals surface area contributed by atoms with Crippen molar-refractivity contribution in [1.82, 2.24) is 9.88 Å². The molecule has 4 rings (SSSR count). The number of nitrogens with zero attached hydrogens (tertiary/aromatic N) is 3. The number of likely N-dealkylation sites (tertiary alicyclic amines) is 1. The maximum atomic E-state index is 13.3. The van der Waals surface area contributed by atoms with Crippen LogP contribution >= 0.6 is 11.3 Å². The molecule has 2 aliphatic rings. The first kappa shape index (κ1) is 17.5. The fourth-order valence-corrected chi connectivity index (χ4v) is 4.59. The number of methoxy groups -OCH3 is 1. The van der Waals surface area contributed by atoms with Gasteiger partial charge in [-0.05, 0) is 18.6 Å². The number of carbonyl (C=O) groups excluding carboxylic acids is 1. The minimum Gasteiger partial charge on any atom is -0.497 e. The summed E-state index contributed by atoms with van der Waals surface area (Å²) < 4.78 is 32.9. The molecule has 0 N–H and O–H groups in total. The predicted octanol–water partition coefficient (Wildman–Crippen LogP) is 3.39. The summed E-state index contributed by atoms with van der Waals surface area (Å²) in [7, 11) is 1.63. The van der Waals surface area contributed by atoms with E-state index in [1.165, 1.54) is 0 Å². The number of rotatable bonds is 3. The van der Waals surface area contributed by atoms with Gasteiger partial charge in [0.2, 0.25) is 5.91 Å². The topological polar surface area (TPSA) is 45.7 Å². The van der Waals surface area contributed by atoms with Gasteiger partial charge in [-0.25, -0.2) is 13.8 Å². The molecule has 2 aromatic rings. The summed E-state index contributed by atoms with van der Waals surface area (Å²) in [5.41, 5.74) is 0.886. The van der Waals surface area contributed by atoms with Gasteiger partial charge in [-0.3, -0.25) is 4.79 Å². The number of anilines is 1. The number of hydrogen-bond donors (Lipinski definition) is 0. The van der Waals surface area contributed by atoms with Crippen LogP contribution in [0.1, 0.15) is 19.3 Å². The van der Waals surface area contributed by atoms with Gasteiger partial charge in [-0.15, -0.1) is 0 Å². The van der Waals surface area contributed by atoms with Crippen LogP contribution in [0.3, 0.4) is 0 Å². The van der Waals surface area contributed by atoms with E-state index >= 15 is 0 Å². The van der Waals surface area contributed by atoms with Crippen molar-refractivity contribution in [2.75, 3.05) is 38.2 Å². The fourth-order valence-electron chi connectivity index (χ4n) is 3.61. The van der Waals surface area contributed by atoms with Crippen molar-refractivity contribution < 1.29 is 18.3 Å². The van der Waals surface area contributed by atoms with Crippen LogP contribution in [0.5, 0.6) is 5.75 Å². The van der Waals surface area contributed by atoms with Crippen LogP contribution in [-0.4, -0.2) is 55.0 Å². The van der Waals surface area contributed by atoms with E-state index in [0.717, 1.165) is 34.1 Å². The molecule has 1 aromatic heterocycles. The van der Waals surface area contributed by atoms with Crippen molar-refractivity contribution in [1.29, 1.82) is 0 Å². The number of hydrogen-bond acceptors (Lipinski definition) is 5. The number of fused-ring (bicyclic) bond motifs is 1. The van der Waals surface area contributed by atoms with Crippen molar-refractivity contribution in [2.45, 2.75) is 25.2 Å². The number of amides is 1. The highest BCUT2D eigenvalue weighted by molar-refractivity contribution is 7.22. The molecule has 2 saturated heterocycles. The summed E-state index contributed by atoms with van der Waals surface area (Å²) >= 11 is 1.60. The molecule has 3 heterocycles. The number of ether oxygens (including phenoxy) is 1. The van der Waals surface area contributed by atoms with E-state index in [4.69, 9.17) is 4.74 Å². The van der Waals surface area contributed by atoms with E-state index in [9.17, 15) is 13.6 Å². The van der Waals surface area contributed by atoms with Gasteiger partial charge in [-0.1, -0.05) is 11.3 Å². The molecule has 0 bridgehead atoms. The van der Waals surface area contributed by atoms with Gasteiger partial charge < -0.3 is 14.5 Å². The molecule has 140 valence electrons. The van der Waals surface area contributed by atoms with Crippen LogP contribution in [0.4, 0.5) is 13.9 Å². The maximum Gasteiger partial charge on any atom is 0.251 e. The lowest BCUT2D eigenvalue weighted by atomic mass is 10.0. The lowest BCUT2D eigenvalue weighted by Gasteiger charge is -2.33. The molecule has 1 atom stereocenters. The third-order valence-electron chi connectivity index (χ3n) is 5.20. The number of piperidine rings is 1. The summed E-state index contributed by atoms with van der Waals surface area (Å²) in [6, 6.07) is 5.80. The van der Waals surface area contributed by atoms with Gasteiger partial charge in [0.25, 0.3) is 5.92 Å². The van der Waals surface area contributed by atoms with Gasteiger partial charge in [0.1, 0.15) is 5.75 Å². The average Bonchev–Trinajstić information content (AvgIpc) is 3.27. The zero-order chi connectivity index (χ0) is 18.3. The standard InChI is InChI=1S/C18H21F2N3O2S/c1-25-13-2-3-15-14(10-13)21-17(26-15)23-7-4-12(11-23)16(24)22-8-5-18(19,20)6-9-22/h2-3,10,12H,4-9,11H2,1H3. The number of carbonyl (C=O) groups is 1. The number of thiazole rings is 1. The summed E-state index contributed by atoms with van der Waals surface area (Å²) in [6.07, 6.45) is 0.286. The Kier molecular flexibility index (Phi) is 4.46. The highest BCUT2D eigenvalue weighted by Gasteiger charge is 2.39. The molecule has 2 fully saturated rings. The van der Waals surface area contributed by atoms with Crippen molar-refractivity contribution in [2.24, 2.45) is 5.92 Å². The molecule has 26 heavy (non-hydrogen) atoms. The zero-order valence-corrected chi connectivity index (χ0v) is 15.4. The fraction of sp³-hybridized carbons (Fsp3) is 0.556. The predicted molar refractivity (Wildman–Crippen MR) is 97.3 cm³/mol. The van der Waals surface area contributed by atoms with Crippen LogP contribution in [0.2, 0.25) is 0 Å².